The first-order chi connectivity index (χ1) is 8.69. The number of nitrogens with zero attached hydrogens (tertiary/aromatic N) is 1. The second-order valence-electron chi connectivity index (χ2n) is 4.37. The standard InChI is InChI=1S/C14H19N3O/c1-9-10(2)13(18-3)5-4-11(9)12(8-15)14-16-6-7-17-14/h4-7,12H,8,15H2,1-3H3,(H,16,17). The van der Waals surface area contributed by atoms with Crippen molar-refractivity contribution >= 4 is 0 Å². The normalized spacial score (nSPS) is 12.4. The molecule has 0 aliphatic heterocycles. The monoisotopic (exact) mass is 245 g/mol. The smallest absolute Gasteiger partial charge is 0.122 e. The van der Waals surface area contributed by atoms with E-state index in [1.165, 1.54) is 11.1 Å². The topological polar surface area (TPSA) is 63.9 Å². The third-order valence-electron chi connectivity index (χ3n) is 3.46. The lowest BCUT2D eigenvalue weighted by atomic mass is 9.91. The molecule has 1 unspecified atom stereocenters. The van der Waals surface area contributed by atoms with E-state index in [0.29, 0.717) is 6.54 Å². The van der Waals surface area contributed by atoms with Gasteiger partial charge in [0, 0.05) is 18.9 Å². The Morgan fingerprint density at radius 2 is 2.11 bits per heavy atom. The minimum atomic E-state index is 0.101. The highest BCUT2D eigenvalue weighted by Crippen LogP contribution is 2.30. The first kappa shape index (κ1) is 12.6. The summed E-state index contributed by atoms with van der Waals surface area (Å²) in [5.74, 6) is 1.92. The lowest BCUT2D eigenvalue weighted by molar-refractivity contribution is 0.411. The molecule has 18 heavy (non-hydrogen) atoms. The van der Waals surface area contributed by atoms with Crippen molar-refractivity contribution in [1.82, 2.24) is 9.97 Å². The summed E-state index contributed by atoms with van der Waals surface area (Å²) in [6, 6.07) is 4.06. The van der Waals surface area contributed by atoms with E-state index in [-0.39, 0.29) is 5.92 Å². The third-order valence-corrected chi connectivity index (χ3v) is 3.46. The summed E-state index contributed by atoms with van der Waals surface area (Å²) in [5.41, 5.74) is 9.46. The maximum Gasteiger partial charge on any atom is 0.122 e. The molecular weight excluding hydrogens is 226 g/mol. The largest absolute Gasteiger partial charge is 0.496 e. The van der Waals surface area contributed by atoms with Crippen LogP contribution in [-0.4, -0.2) is 23.6 Å². The van der Waals surface area contributed by atoms with Gasteiger partial charge in [-0.3, -0.25) is 0 Å². The van der Waals surface area contributed by atoms with E-state index < -0.39 is 0 Å². The number of nitrogens with two attached hydrogens (primary N) is 1. The van der Waals surface area contributed by atoms with Gasteiger partial charge in [0.05, 0.1) is 13.0 Å². The highest BCUT2D eigenvalue weighted by atomic mass is 16.5. The Balaban J connectivity index is 2.47. The molecule has 2 aromatic rings. The molecule has 1 aromatic heterocycles. The lowest BCUT2D eigenvalue weighted by Gasteiger charge is -2.18. The molecule has 0 radical (unpaired) electrons. The minimum Gasteiger partial charge on any atom is -0.496 e. The zero-order valence-electron chi connectivity index (χ0n) is 11.0. The number of rotatable bonds is 4. The van der Waals surface area contributed by atoms with Gasteiger partial charge in [-0.1, -0.05) is 6.07 Å². The molecule has 2 rings (SSSR count). The fraction of sp³-hybridized carbons (Fsp3) is 0.357. The van der Waals surface area contributed by atoms with Crippen molar-refractivity contribution in [1.29, 1.82) is 0 Å². The van der Waals surface area contributed by atoms with Gasteiger partial charge in [0.1, 0.15) is 11.6 Å². The van der Waals surface area contributed by atoms with Crippen LogP contribution in [0.15, 0.2) is 24.5 Å². The minimum absolute atomic E-state index is 0.101. The number of methoxy groups -OCH3 is 1. The molecule has 3 N–H and O–H groups in total. The van der Waals surface area contributed by atoms with Crippen LogP contribution in [0.2, 0.25) is 0 Å². The van der Waals surface area contributed by atoms with Gasteiger partial charge < -0.3 is 15.5 Å². The van der Waals surface area contributed by atoms with E-state index in [0.717, 1.165) is 17.1 Å². The summed E-state index contributed by atoms with van der Waals surface area (Å²) in [7, 11) is 1.69. The van der Waals surface area contributed by atoms with E-state index in [4.69, 9.17) is 10.5 Å². The van der Waals surface area contributed by atoms with E-state index in [1.54, 1.807) is 13.3 Å². The van der Waals surface area contributed by atoms with Gasteiger partial charge in [0.2, 0.25) is 0 Å². The fourth-order valence-electron chi connectivity index (χ4n) is 2.27. The van der Waals surface area contributed by atoms with Gasteiger partial charge in [-0.15, -0.1) is 0 Å². The molecule has 0 aliphatic rings. The van der Waals surface area contributed by atoms with Crippen LogP contribution >= 0.6 is 0 Å². The summed E-state index contributed by atoms with van der Waals surface area (Å²) >= 11 is 0. The molecule has 1 aromatic carbocycles. The quantitative estimate of drug-likeness (QED) is 0.867. The molecule has 4 heteroatoms. The van der Waals surface area contributed by atoms with E-state index in [9.17, 15) is 0 Å². The third kappa shape index (κ3) is 2.11. The van der Waals surface area contributed by atoms with Gasteiger partial charge in [0.25, 0.3) is 0 Å². The average molecular weight is 245 g/mol. The van der Waals surface area contributed by atoms with Crippen molar-refractivity contribution in [2.24, 2.45) is 5.73 Å². The van der Waals surface area contributed by atoms with Crippen molar-refractivity contribution in [3.05, 3.63) is 47.0 Å². The van der Waals surface area contributed by atoms with Crippen molar-refractivity contribution in [2.75, 3.05) is 13.7 Å². The zero-order valence-corrected chi connectivity index (χ0v) is 11.0. The highest BCUT2D eigenvalue weighted by Gasteiger charge is 2.18. The van der Waals surface area contributed by atoms with Gasteiger partial charge in [-0.2, -0.15) is 0 Å². The molecular formula is C14H19N3O. The molecule has 0 aliphatic carbocycles. The summed E-state index contributed by atoms with van der Waals surface area (Å²) < 4.78 is 5.33. The van der Waals surface area contributed by atoms with Crippen LogP contribution in [0.25, 0.3) is 0 Å². The number of hydrogen-bond acceptors (Lipinski definition) is 3. The van der Waals surface area contributed by atoms with Crippen molar-refractivity contribution in [2.45, 2.75) is 19.8 Å². The first-order valence-corrected chi connectivity index (χ1v) is 6.02. The van der Waals surface area contributed by atoms with E-state index in [2.05, 4.69) is 29.9 Å². The van der Waals surface area contributed by atoms with Crippen molar-refractivity contribution in [3.63, 3.8) is 0 Å². The van der Waals surface area contributed by atoms with E-state index >= 15 is 0 Å². The number of aromatic nitrogens is 2. The predicted molar refractivity (Wildman–Crippen MR) is 72.0 cm³/mol. The Bertz CT molecular complexity index is 520. The molecule has 1 heterocycles. The van der Waals surface area contributed by atoms with E-state index in [1.807, 2.05) is 12.3 Å². The Morgan fingerprint density at radius 3 is 2.67 bits per heavy atom. The van der Waals surface area contributed by atoms with Gasteiger partial charge in [0.15, 0.2) is 0 Å². The van der Waals surface area contributed by atoms with Crippen LogP contribution in [0.4, 0.5) is 0 Å². The Hall–Kier alpha value is -1.81. The Kier molecular flexibility index (Phi) is 3.67. The van der Waals surface area contributed by atoms with Crippen LogP contribution in [0.3, 0.4) is 0 Å². The van der Waals surface area contributed by atoms with Gasteiger partial charge in [-0.25, -0.2) is 4.98 Å². The predicted octanol–water partition coefficient (Wildman–Crippen LogP) is 2.13. The summed E-state index contributed by atoms with van der Waals surface area (Å²) in [6.07, 6.45) is 3.58. The van der Waals surface area contributed by atoms with Crippen LogP contribution < -0.4 is 10.5 Å². The van der Waals surface area contributed by atoms with Crippen molar-refractivity contribution < 1.29 is 4.74 Å². The molecule has 0 spiro atoms. The number of imidazole rings is 1. The number of ether oxygens (including phenoxy) is 1. The lowest BCUT2D eigenvalue weighted by Crippen LogP contribution is -2.16. The van der Waals surface area contributed by atoms with Gasteiger partial charge in [-0.05, 0) is 36.6 Å². The Morgan fingerprint density at radius 1 is 1.33 bits per heavy atom. The van der Waals surface area contributed by atoms with Gasteiger partial charge >= 0.3 is 0 Å². The number of benzene rings is 1. The van der Waals surface area contributed by atoms with Crippen LogP contribution in [-0.2, 0) is 0 Å². The molecule has 0 saturated heterocycles. The molecule has 1 atom stereocenters. The molecule has 4 nitrogen and oxygen atoms in total. The van der Waals surface area contributed by atoms with Crippen LogP contribution in [0, 0.1) is 13.8 Å². The number of H-pyrrole nitrogens is 1. The highest BCUT2D eigenvalue weighted by molar-refractivity contribution is 5.46. The number of aromatic amines is 1. The maximum atomic E-state index is 5.89. The Labute approximate surface area is 107 Å². The molecule has 96 valence electrons. The summed E-state index contributed by atoms with van der Waals surface area (Å²) in [5, 5.41) is 0. The average Bonchev–Trinajstić information content (AvgIpc) is 2.89. The van der Waals surface area contributed by atoms with Crippen LogP contribution in [0.5, 0.6) is 5.75 Å². The molecule has 0 amide bonds. The maximum absolute atomic E-state index is 5.89. The first-order valence-electron chi connectivity index (χ1n) is 6.02. The second kappa shape index (κ2) is 5.23. The zero-order chi connectivity index (χ0) is 13.1. The summed E-state index contributed by atoms with van der Waals surface area (Å²) in [4.78, 5) is 7.45. The second-order valence-corrected chi connectivity index (χ2v) is 4.37. The molecule has 0 fully saturated rings. The molecule has 0 bridgehead atoms. The summed E-state index contributed by atoms with van der Waals surface area (Å²) in [6.45, 7) is 4.69. The van der Waals surface area contributed by atoms with Crippen LogP contribution in [0.1, 0.15) is 28.4 Å². The SMILES string of the molecule is COc1ccc(C(CN)c2ncc[nH]2)c(C)c1C. The fourth-order valence-corrected chi connectivity index (χ4v) is 2.27. The molecule has 0 saturated carbocycles. The van der Waals surface area contributed by atoms with Crippen molar-refractivity contribution in [3.8, 4) is 5.75 Å². The number of hydrogen-bond donors (Lipinski definition) is 2. The number of nitrogens with one attached hydrogen (secondary N) is 1.